The number of allylic oxidation sites excluding steroid dienone is 1. The van der Waals surface area contributed by atoms with Crippen LogP contribution in [0.3, 0.4) is 0 Å². The number of para-hydroxylation sites is 1. The Balaban J connectivity index is 1.94. The van der Waals surface area contributed by atoms with Crippen LogP contribution in [0.4, 0.5) is 13.2 Å². The first kappa shape index (κ1) is 12.8. The highest BCUT2D eigenvalue weighted by Crippen LogP contribution is 2.34. The van der Waals surface area contributed by atoms with Gasteiger partial charge < -0.3 is 4.74 Å². The van der Waals surface area contributed by atoms with E-state index in [9.17, 15) is 13.2 Å². The molecule has 0 aromatic heterocycles. The molecule has 3 rings (SSSR count). The fraction of sp³-hybridized carbons (Fsp3) is 0.125. The zero-order valence-corrected chi connectivity index (χ0v) is 10.4. The average molecular weight is 276 g/mol. The maximum absolute atomic E-state index is 12.7. The Kier molecular flexibility index (Phi) is 3.01. The number of ether oxygens (including phenoxy) is 1. The summed E-state index contributed by atoms with van der Waals surface area (Å²) >= 11 is 0. The lowest BCUT2D eigenvalue weighted by atomic mass is 10.0. The molecule has 0 bridgehead atoms. The molecule has 1 aliphatic rings. The van der Waals surface area contributed by atoms with E-state index in [-0.39, 0.29) is 0 Å². The summed E-state index contributed by atoms with van der Waals surface area (Å²) in [4.78, 5) is 0. The second-order valence-electron chi connectivity index (χ2n) is 4.56. The first-order chi connectivity index (χ1) is 9.54. The first-order valence-corrected chi connectivity index (χ1v) is 6.17. The molecule has 0 saturated carbocycles. The van der Waals surface area contributed by atoms with Gasteiger partial charge in [0.1, 0.15) is 11.5 Å². The smallest absolute Gasteiger partial charge is 0.416 e. The molecular formula is C16H11F3O. The van der Waals surface area contributed by atoms with Crippen LogP contribution in [-0.4, -0.2) is 0 Å². The van der Waals surface area contributed by atoms with Gasteiger partial charge in [0.15, 0.2) is 0 Å². The number of fused-ring (bicyclic) bond motifs is 1. The minimum Gasteiger partial charge on any atom is -0.457 e. The third-order valence-corrected chi connectivity index (χ3v) is 3.17. The molecule has 20 heavy (non-hydrogen) atoms. The monoisotopic (exact) mass is 276 g/mol. The second kappa shape index (κ2) is 4.71. The summed E-state index contributed by atoms with van der Waals surface area (Å²) in [6.45, 7) is 0. The van der Waals surface area contributed by atoms with E-state index in [0.29, 0.717) is 23.5 Å². The molecule has 0 unspecified atom stereocenters. The van der Waals surface area contributed by atoms with Gasteiger partial charge in [-0.2, -0.15) is 13.2 Å². The highest BCUT2D eigenvalue weighted by atomic mass is 19.4. The Morgan fingerprint density at radius 2 is 1.75 bits per heavy atom. The molecule has 4 heteroatoms. The van der Waals surface area contributed by atoms with Crippen LogP contribution in [0.15, 0.2) is 54.6 Å². The van der Waals surface area contributed by atoms with Gasteiger partial charge in [-0.1, -0.05) is 30.3 Å². The van der Waals surface area contributed by atoms with Gasteiger partial charge in [-0.05, 0) is 36.3 Å². The lowest BCUT2D eigenvalue weighted by Gasteiger charge is -2.19. The van der Waals surface area contributed by atoms with Crippen molar-refractivity contribution in [2.24, 2.45) is 0 Å². The van der Waals surface area contributed by atoms with E-state index < -0.39 is 11.7 Å². The largest absolute Gasteiger partial charge is 0.457 e. The summed E-state index contributed by atoms with van der Waals surface area (Å²) < 4.78 is 43.8. The quantitative estimate of drug-likeness (QED) is 0.734. The van der Waals surface area contributed by atoms with Crippen molar-refractivity contribution in [3.63, 3.8) is 0 Å². The molecule has 102 valence electrons. The van der Waals surface area contributed by atoms with E-state index in [1.807, 2.05) is 24.3 Å². The molecule has 0 atom stereocenters. The molecule has 0 radical (unpaired) electrons. The number of alkyl halides is 3. The molecule has 0 fully saturated rings. The van der Waals surface area contributed by atoms with Crippen LogP contribution in [0, 0.1) is 0 Å². The average Bonchev–Trinajstić information content (AvgIpc) is 2.46. The van der Waals surface area contributed by atoms with Crippen molar-refractivity contribution in [3.05, 3.63) is 71.3 Å². The second-order valence-corrected chi connectivity index (χ2v) is 4.56. The van der Waals surface area contributed by atoms with Crippen LogP contribution in [0.2, 0.25) is 0 Å². The Bertz CT molecular complexity index is 671. The number of benzene rings is 2. The van der Waals surface area contributed by atoms with E-state index >= 15 is 0 Å². The molecule has 0 spiro atoms. The number of halogens is 3. The third kappa shape index (κ3) is 2.41. The van der Waals surface area contributed by atoms with Gasteiger partial charge in [-0.25, -0.2) is 0 Å². The van der Waals surface area contributed by atoms with Crippen LogP contribution in [0.25, 0.3) is 5.76 Å². The molecule has 1 nitrogen and oxygen atoms in total. The molecule has 1 aliphatic heterocycles. The van der Waals surface area contributed by atoms with Crippen molar-refractivity contribution in [2.75, 3.05) is 0 Å². The summed E-state index contributed by atoms with van der Waals surface area (Å²) in [5, 5.41) is 0. The van der Waals surface area contributed by atoms with Crippen molar-refractivity contribution in [1.82, 2.24) is 0 Å². The number of hydrogen-bond donors (Lipinski definition) is 0. The van der Waals surface area contributed by atoms with Gasteiger partial charge in [0.25, 0.3) is 0 Å². The molecule has 2 aromatic rings. The summed E-state index contributed by atoms with van der Waals surface area (Å²) in [6, 6.07) is 12.7. The van der Waals surface area contributed by atoms with Crippen LogP contribution in [0.5, 0.6) is 5.75 Å². The van der Waals surface area contributed by atoms with Crippen molar-refractivity contribution >= 4 is 5.76 Å². The fourth-order valence-electron chi connectivity index (χ4n) is 2.16. The van der Waals surface area contributed by atoms with Gasteiger partial charge >= 0.3 is 6.18 Å². The molecule has 2 aromatic carbocycles. The summed E-state index contributed by atoms with van der Waals surface area (Å²) in [6.07, 6.45) is -1.89. The Morgan fingerprint density at radius 1 is 0.950 bits per heavy atom. The van der Waals surface area contributed by atoms with Crippen molar-refractivity contribution in [1.29, 1.82) is 0 Å². The summed E-state index contributed by atoms with van der Waals surface area (Å²) in [5.41, 5.74) is 0.802. The normalized spacial score (nSPS) is 14.2. The van der Waals surface area contributed by atoms with Gasteiger partial charge in [-0.3, -0.25) is 0 Å². The lowest BCUT2D eigenvalue weighted by Crippen LogP contribution is -2.07. The number of rotatable bonds is 1. The van der Waals surface area contributed by atoms with Gasteiger partial charge in [-0.15, -0.1) is 0 Å². The van der Waals surface area contributed by atoms with Gasteiger partial charge in [0, 0.05) is 5.56 Å². The minimum absolute atomic E-state index is 0.439. The maximum atomic E-state index is 12.7. The summed E-state index contributed by atoms with van der Waals surface area (Å²) in [5.74, 6) is 1.16. The maximum Gasteiger partial charge on any atom is 0.416 e. The zero-order valence-electron chi connectivity index (χ0n) is 10.4. The molecule has 0 N–H and O–H groups in total. The highest BCUT2D eigenvalue weighted by molar-refractivity contribution is 5.65. The van der Waals surface area contributed by atoms with E-state index in [2.05, 4.69) is 0 Å². The number of hydrogen-bond acceptors (Lipinski definition) is 1. The van der Waals surface area contributed by atoms with Crippen LogP contribution >= 0.6 is 0 Å². The topological polar surface area (TPSA) is 9.23 Å². The lowest BCUT2D eigenvalue weighted by molar-refractivity contribution is -0.137. The first-order valence-electron chi connectivity index (χ1n) is 6.17. The molecule has 0 amide bonds. The van der Waals surface area contributed by atoms with Gasteiger partial charge in [0.2, 0.25) is 0 Å². The molecule has 0 saturated heterocycles. The highest BCUT2D eigenvalue weighted by Gasteiger charge is 2.30. The van der Waals surface area contributed by atoms with Crippen LogP contribution in [0.1, 0.15) is 16.7 Å². The van der Waals surface area contributed by atoms with Gasteiger partial charge in [0.05, 0.1) is 5.56 Å². The molecule has 0 aliphatic carbocycles. The zero-order chi connectivity index (χ0) is 14.2. The fourth-order valence-corrected chi connectivity index (χ4v) is 2.16. The summed E-state index contributed by atoms with van der Waals surface area (Å²) in [7, 11) is 0. The molecular weight excluding hydrogens is 265 g/mol. The Labute approximate surface area is 114 Å². The SMILES string of the molecule is FC(F)(F)c1cccc(C2=CCc3ccccc3O2)c1. The predicted molar refractivity (Wildman–Crippen MR) is 70.2 cm³/mol. The Hall–Kier alpha value is -2.23. The Morgan fingerprint density at radius 3 is 2.55 bits per heavy atom. The molecule has 1 heterocycles. The van der Waals surface area contributed by atoms with Crippen LogP contribution < -0.4 is 4.74 Å². The van der Waals surface area contributed by atoms with E-state index in [1.165, 1.54) is 6.07 Å². The predicted octanol–water partition coefficient (Wildman–Crippen LogP) is 4.68. The van der Waals surface area contributed by atoms with Crippen molar-refractivity contribution < 1.29 is 17.9 Å². The van der Waals surface area contributed by atoms with Crippen LogP contribution in [-0.2, 0) is 12.6 Å². The van der Waals surface area contributed by atoms with E-state index in [4.69, 9.17) is 4.74 Å². The van der Waals surface area contributed by atoms with Crippen molar-refractivity contribution in [2.45, 2.75) is 12.6 Å². The third-order valence-electron chi connectivity index (χ3n) is 3.17. The van der Waals surface area contributed by atoms with Crippen molar-refractivity contribution in [3.8, 4) is 5.75 Å². The van der Waals surface area contributed by atoms with E-state index in [0.717, 1.165) is 17.7 Å². The minimum atomic E-state index is -4.34. The van der Waals surface area contributed by atoms with E-state index in [1.54, 1.807) is 12.1 Å². The standard InChI is InChI=1S/C16H11F3O/c17-16(18,19)13-6-3-5-12(10-13)15-9-8-11-4-1-2-7-14(11)20-15/h1-7,9-10H,8H2.